The second kappa shape index (κ2) is 8.54. The Morgan fingerprint density at radius 1 is 1.33 bits per heavy atom. The molecule has 2 atom stereocenters. The monoisotopic (exact) mass is 295 g/mol. The quantitative estimate of drug-likeness (QED) is 0.717. The van der Waals surface area contributed by atoms with Gasteiger partial charge in [-0.3, -0.25) is 4.68 Å². The van der Waals surface area contributed by atoms with Crippen LogP contribution in [0.4, 0.5) is 0 Å². The molecule has 0 amide bonds. The maximum atomic E-state index is 6.07. The van der Waals surface area contributed by atoms with Crippen LogP contribution in [0.3, 0.4) is 0 Å². The zero-order valence-electron chi connectivity index (χ0n) is 14.6. The van der Waals surface area contributed by atoms with E-state index in [0.29, 0.717) is 6.04 Å². The molecule has 0 fully saturated rings. The number of ether oxygens (including phenoxy) is 1. The largest absolute Gasteiger partial charge is 0.374 e. The molecular weight excluding hydrogens is 262 g/mol. The molecule has 0 radical (unpaired) electrons. The van der Waals surface area contributed by atoms with Crippen molar-refractivity contribution in [3.8, 4) is 0 Å². The van der Waals surface area contributed by atoms with Crippen LogP contribution >= 0.6 is 0 Å². The summed E-state index contributed by atoms with van der Waals surface area (Å²) in [6.45, 7) is 14.7. The Kier molecular flexibility index (Phi) is 7.40. The van der Waals surface area contributed by atoms with Crippen LogP contribution in [0.25, 0.3) is 0 Å². The van der Waals surface area contributed by atoms with Crippen molar-refractivity contribution in [3.63, 3.8) is 0 Å². The van der Waals surface area contributed by atoms with Crippen molar-refractivity contribution < 1.29 is 4.74 Å². The fourth-order valence-corrected chi connectivity index (χ4v) is 2.58. The molecule has 1 rings (SSSR count). The molecule has 0 spiro atoms. The van der Waals surface area contributed by atoms with Crippen molar-refractivity contribution in [2.24, 2.45) is 0 Å². The first kappa shape index (κ1) is 18.2. The Morgan fingerprint density at radius 2 is 2.05 bits per heavy atom. The Morgan fingerprint density at radius 3 is 2.52 bits per heavy atom. The van der Waals surface area contributed by atoms with Gasteiger partial charge in [-0.1, -0.05) is 13.8 Å². The first-order chi connectivity index (χ1) is 9.96. The molecule has 4 nitrogen and oxygen atoms in total. The molecule has 21 heavy (non-hydrogen) atoms. The van der Waals surface area contributed by atoms with Crippen molar-refractivity contribution in [1.29, 1.82) is 0 Å². The van der Waals surface area contributed by atoms with Gasteiger partial charge in [0.1, 0.15) is 0 Å². The fraction of sp³-hybridized carbons (Fsp3) is 0.824. The molecule has 1 aromatic heterocycles. The van der Waals surface area contributed by atoms with Crippen molar-refractivity contribution >= 4 is 0 Å². The van der Waals surface area contributed by atoms with Gasteiger partial charge in [-0.2, -0.15) is 5.10 Å². The summed E-state index contributed by atoms with van der Waals surface area (Å²) < 4.78 is 8.09. The van der Waals surface area contributed by atoms with Crippen molar-refractivity contribution in [3.05, 3.63) is 18.0 Å². The van der Waals surface area contributed by atoms with Gasteiger partial charge in [0.05, 0.1) is 11.3 Å². The second-order valence-electron chi connectivity index (χ2n) is 6.19. The minimum Gasteiger partial charge on any atom is -0.374 e. The summed E-state index contributed by atoms with van der Waals surface area (Å²) in [6.07, 6.45) is 5.10. The summed E-state index contributed by atoms with van der Waals surface area (Å²) in [4.78, 5) is 0. The van der Waals surface area contributed by atoms with E-state index in [1.54, 1.807) is 0 Å². The maximum absolute atomic E-state index is 6.07. The van der Waals surface area contributed by atoms with Gasteiger partial charge in [0.2, 0.25) is 0 Å². The lowest BCUT2D eigenvalue weighted by molar-refractivity contribution is -0.0551. The highest BCUT2D eigenvalue weighted by Gasteiger charge is 2.33. The van der Waals surface area contributed by atoms with Gasteiger partial charge in [-0.05, 0) is 53.1 Å². The summed E-state index contributed by atoms with van der Waals surface area (Å²) in [6, 6.07) is 2.83. The molecule has 0 aliphatic carbocycles. The Hall–Kier alpha value is -0.870. The average molecular weight is 295 g/mol. The standard InChI is InChI=1S/C17H33N3O/c1-7-11-18-16(17(6,8-2)21-9-3)13-15-10-12-20(19-15)14(4)5/h10,12,14,16,18H,7-9,11,13H2,1-6H3. The van der Waals surface area contributed by atoms with E-state index in [0.717, 1.165) is 38.1 Å². The molecule has 0 aliphatic heterocycles. The van der Waals surface area contributed by atoms with Crippen molar-refractivity contribution in [2.45, 2.75) is 78.5 Å². The maximum Gasteiger partial charge on any atom is 0.0807 e. The van der Waals surface area contributed by atoms with Crippen LogP contribution in [-0.2, 0) is 11.2 Å². The Bertz CT molecular complexity index is 402. The molecule has 1 aromatic rings. The Balaban J connectivity index is 2.85. The van der Waals surface area contributed by atoms with E-state index in [2.05, 4.69) is 64.2 Å². The molecular formula is C17H33N3O. The minimum absolute atomic E-state index is 0.147. The second-order valence-corrected chi connectivity index (χ2v) is 6.19. The fourth-order valence-electron chi connectivity index (χ4n) is 2.58. The van der Waals surface area contributed by atoms with E-state index < -0.39 is 0 Å². The van der Waals surface area contributed by atoms with Gasteiger partial charge >= 0.3 is 0 Å². The Labute approximate surface area is 130 Å². The van der Waals surface area contributed by atoms with E-state index in [-0.39, 0.29) is 11.6 Å². The van der Waals surface area contributed by atoms with Gasteiger partial charge in [-0.15, -0.1) is 0 Å². The first-order valence-corrected chi connectivity index (χ1v) is 8.38. The zero-order chi connectivity index (χ0) is 15.9. The molecule has 0 bridgehead atoms. The van der Waals surface area contributed by atoms with Gasteiger partial charge < -0.3 is 10.1 Å². The van der Waals surface area contributed by atoms with E-state index in [4.69, 9.17) is 4.74 Å². The molecule has 1 N–H and O–H groups in total. The molecule has 0 aromatic carbocycles. The summed E-state index contributed by atoms with van der Waals surface area (Å²) in [5.74, 6) is 0. The number of nitrogens with zero attached hydrogens (tertiary/aromatic N) is 2. The lowest BCUT2D eigenvalue weighted by Gasteiger charge is -2.37. The van der Waals surface area contributed by atoms with Crippen LogP contribution < -0.4 is 5.32 Å². The van der Waals surface area contributed by atoms with Crippen molar-refractivity contribution in [2.75, 3.05) is 13.2 Å². The molecule has 0 saturated carbocycles. The zero-order valence-corrected chi connectivity index (χ0v) is 14.6. The number of hydrogen-bond donors (Lipinski definition) is 1. The normalized spacial score (nSPS) is 16.1. The highest BCUT2D eigenvalue weighted by atomic mass is 16.5. The lowest BCUT2D eigenvalue weighted by Crippen LogP contribution is -2.52. The summed E-state index contributed by atoms with van der Waals surface area (Å²) >= 11 is 0. The third-order valence-corrected chi connectivity index (χ3v) is 4.16. The van der Waals surface area contributed by atoms with Crippen LogP contribution in [0.15, 0.2) is 12.3 Å². The molecule has 4 heteroatoms. The molecule has 1 heterocycles. The lowest BCUT2D eigenvalue weighted by atomic mass is 9.89. The van der Waals surface area contributed by atoms with Gasteiger partial charge in [-0.25, -0.2) is 0 Å². The highest BCUT2D eigenvalue weighted by Crippen LogP contribution is 2.23. The van der Waals surface area contributed by atoms with E-state index >= 15 is 0 Å². The van der Waals surface area contributed by atoms with Crippen LogP contribution in [0.1, 0.15) is 66.1 Å². The number of nitrogens with one attached hydrogen (secondary N) is 1. The summed E-state index contributed by atoms with van der Waals surface area (Å²) in [7, 11) is 0. The van der Waals surface area contributed by atoms with Crippen LogP contribution in [0.2, 0.25) is 0 Å². The first-order valence-electron chi connectivity index (χ1n) is 8.38. The van der Waals surface area contributed by atoms with Crippen LogP contribution in [0.5, 0.6) is 0 Å². The third kappa shape index (κ3) is 5.11. The SMILES string of the molecule is CCCNC(Cc1ccn(C(C)C)n1)C(C)(CC)OCC. The molecule has 2 unspecified atom stereocenters. The smallest absolute Gasteiger partial charge is 0.0807 e. The number of hydrogen-bond acceptors (Lipinski definition) is 3. The average Bonchev–Trinajstić information content (AvgIpc) is 2.92. The number of aromatic nitrogens is 2. The molecule has 0 aliphatic rings. The van der Waals surface area contributed by atoms with E-state index in [1.807, 2.05) is 4.68 Å². The molecule has 122 valence electrons. The minimum atomic E-state index is -0.147. The predicted octanol–water partition coefficient (Wildman–Crippen LogP) is 3.58. The van der Waals surface area contributed by atoms with Crippen LogP contribution in [0, 0.1) is 0 Å². The van der Waals surface area contributed by atoms with E-state index in [1.165, 1.54) is 0 Å². The van der Waals surface area contributed by atoms with E-state index in [9.17, 15) is 0 Å². The summed E-state index contributed by atoms with van der Waals surface area (Å²) in [5, 5.41) is 8.35. The predicted molar refractivity (Wildman–Crippen MR) is 88.7 cm³/mol. The van der Waals surface area contributed by atoms with Crippen LogP contribution in [-0.4, -0.2) is 34.6 Å². The highest BCUT2D eigenvalue weighted by molar-refractivity contribution is 5.05. The molecule has 0 saturated heterocycles. The topological polar surface area (TPSA) is 39.1 Å². The van der Waals surface area contributed by atoms with Gasteiger partial charge in [0, 0.05) is 31.3 Å². The summed E-state index contributed by atoms with van der Waals surface area (Å²) in [5.41, 5.74) is 0.989. The number of rotatable bonds is 10. The van der Waals surface area contributed by atoms with Crippen molar-refractivity contribution in [1.82, 2.24) is 15.1 Å². The van der Waals surface area contributed by atoms with Gasteiger partial charge in [0.15, 0.2) is 0 Å². The third-order valence-electron chi connectivity index (χ3n) is 4.16. The van der Waals surface area contributed by atoms with Gasteiger partial charge in [0.25, 0.3) is 0 Å².